The summed E-state index contributed by atoms with van der Waals surface area (Å²) in [5.41, 5.74) is 8.45. The number of anilines is 1. The van der Waals surface area contributed by atoms with E-state index < -0.39 is 0 Å². The fraction of sp³-hybridized carbons (Fsp3) is 0.462. The van der Waals surface area contributed by atoms with Crippen molar-refractivity contribution in [2.45, 2.75) is 39.2 Å². The number of thiophene rings is 1. The monoisotopic (exact) mass is 276 g/mol. The molecule has 0 aromatic carbocycles. The van der Waals surface area contributed by atoms with Crippen LogP contribution in [0.3, 0.4) is 0 Å². The van der Waals surface area contributed by atoms with Gasteiger partial charge in [-0.3, -0.25) is 4.79 Å². The molecule has 0 unspecified atom stereocenters. The molecule has 100 valence electrons. The topological polar surface area (TPSA) is 80.9 Å². The van der Waals surface area contributed by atoms with Crippen molar-refractivity contribution in [3.8, 4) is 0 Å². The number of carbonyl (C=O) groups excluding carboxylic acids is 1. The zero-order chi connectivity index (χ0) is 13.8. The van der Waals surface area contributed by atoms with Crippen LogP contribution in [0, 0.1) is 13.8 Å². The molecule has 0 bridgehead atoms. The Morgan fingerprint density at radius 2 is 2.05 bits per heavy atom. The number of aromatic nitrogens is 2. The van der Waals surface area contributed by atoms with Gasteiger partial charge in [0.25, 0.3) is 5.91 Å². The fourth-order valence-corrected chi connectivity index (χ4v) is 3.05. The summed E-state index contributed by atoms with van der Waals surface area (Å²) in [4.78, 5) is 13.5. The molecule has 2 aromatic heterocycles. The van der Waals surface area contributed by atoms with Crippen LogP contribution in [-0.2, 0) is 0 Å². The first kappa shape index (κ1) is 12.3. The van der Waals surface area contributed by atoms with Crippen LogP contribution in [0.15, 0.2) is 0 Å². The molecule has 0 saturated heterocycles. The van der Waals surface area contributed by atoms with Crippen molar-refractivity contribution in [3.05, 3.63) is 16.1 Å². The molecule has 0 radical (unpaired) electrons. The summed E-state index contributed by atoms with van der Waals surface area (Å²) in [5, 5.41) is 12.1. The summed E-state index contributed by atoms with van der Waals surface area (Å²) >= 11 is 1.31. The van der Waals surface area contributed by atoms with Crippen LogP contribution in [0.25, 0.3) is 10.2 Å². The Bertz CT molecular complexity index is 687. The first-order valence-corrected chi connectivity index (χ1v) is 7.07. The van der Waals surface area contributed by atoms with Gasteiger partial charge >= 0.3 is 0 Å². The summed E-state index contributed by atoms with van der Waals surface area (Å²) in [6.07, 6.45) is 2.06. The van der Waals surface area contributed by atoms with E-state index >= 15 is 0 Å². The largest absolute Gasteiger partial charge is 0.397 e. The number of amides is 1. The van der Waals surface area contributed by atoms with Crippen molar-refractivity contribution in [2.24, 2.45) is 0 Å². The third-order valence-electron chi connectivity index (χ3n) is 3.76. The van der Waals surface area contributed by atoms with Crippen molar-refractivity contribution < 1.29 is 4.79 Å². The van der Waals surface area contributed by atoms with Gasteiger partial charge in [0.05, 0.1) is 11.4 Å². The van der Waals surface area contributed by atoms with Crippen molar-refractivity contribution in [2.75, 3.05) is 5.73 Å². The molecule has 6 heteroatoms. The minimum Gasteiger partial charge on any atom is -0.397 e. The maximum Gasteiger partial charge on any atom is 0.263 e. The highest BCUT2D eigenvalue weighted by molar-refractivity contribution is 7.21. The number of nitrogens with zero attached hydrogens (tertiary/aromatic N) is 2. The van der Waals surface area contributed by atoms with Gasteiger partial charge in [-0.25, -0.2) is 0 Å². The molecule has 2 aromatic rings. The Morgan fingerprint density at radius 1 is 1.37 bits per heavy atom. The molecule has 0 aliphatic heterocycles. The highest BCUT2D eigenvalue weighted by Crippen LogP contribution is 2.38. The van der Waals surface area contributed by atoms with Gasteiger partial charge in [0, 0.05) is 10.9 Å². The quantitative estimate of drug-likeness (QED) is 0.881. The Morgan fingerprint density at radius 3 is 2.68 bits per heavy atom. The van der Waals surface area contributed by atoms with Gasteiger partial charge in [-0.1, -0.05) is 0 Å². The van der Waals surface area contributed by atoms with Crippen LogP contribution >= 0.6 is 11.3 Å². The number of fused-ring (bicyclic) bond motifs is 1. The molecule has 1 amide bonds. The third kappa shape index (κ3) is 1.96. The van der Waals surface area contributed by atoms with Crippen LogP contribution in [0.2, 0.25) is 0 Å². The van der Waals surface area contributed by atoms with E-state index in [1.165, 1.54) is 11.3 Å². The highest BCUT2D eigenvalue weighted by atomic mass is 32.1. The summed E-state index contributed by atoms with van der Waals surface area (Å²) in [6.45, 7) is 5.90. The second-order valence-electron chi connectivity index (χ2n) is 5.45. The van der Waals surface area contributed by atoms with Gasteiger partial charge in [0.1, 0.15) is 9.71 Å². The molecule has 1 saturated carbocycles. The van der Waals surface area contributed by atoms with Crippen LogP contribution < -0.4 is 11.1 Å². The van der Waals surface area contributed by atoms with E-state index in [4.69, 9.17) is 5.73 Å². The van der Waals surface area contributed by atoms with E-state index in [1.54, 1.807) is 0 Å². The molecule has 0 spiro atoms. The first-order valence-electron chi connectivity index (χ1n) is 6.26. The Kier molecular flexibility index (Phi) is 2.53. The van der Waals surface area contributed by atoms with Crippen LogP contribution in [0.1, 0.15) is 40.7 Å². The first-order chi connectivity index (χ1) is 8.91. The zero-order valence-corrected chi connectivity index (χ0v) is 12.0. The standard InChI is InChI=1S/C13H16N4OS/c1-6-7(2)16-17-12-8(6)9(14)10(19-12)11(18)15-13(3)4-5-13/h4-5,14H2,1-3H3,(H,15,18). The SMILES string of the molecule is Cc1nnc2sc(C(=O)NC3(C)CC3)c(N)c2c1C. The number of hydrogen-bond donors (Lipinski definition) is 2. The molecule has 0 atom stereocenters. The van der Waals surface area contributed by atoms with Gasteiger partial charge in [0.2, 0.25) is 0 Å². The van der Waals surface area contributed by atoms with Crippen molar-refractivity contribution in [3.63, 3.8) is 0 Å². The lowest BCUT2D eigenvalue weighted by atomic mass is 10.1. The van der Waals surface area contributed by atoms with Gasteiger partial charge in [-0.05, 0) is 39.2 Å². The number of nitrogens with one attached hydrogen (secondary N) is 1. The lowest BCUT2D eigenvalue weighted by molar-refractivity contribution is 0.0940. The van der Waals surface area contributed by atoms with Gasteiger partial charge < -0.3 is 11.1 Å². The molecule has 1 fully saturated rings. The number of hydrogen-bond acceptors (Lipinski definition) is 5. The lowest BCUT2D eigenvalue weighted by Crippen LogP contribution is -2.34. The van der Waals surface area contributed by atoms with Gasteiger partial charge in [0.15, 0.2) is 0 Å². The predicted octanol–water partition coefficient (Wildman–Crippen LogP) is 2.17. The second-order valence-corrected chi connectivity index (χ2v) is 6.45. The van der Waals surface area contributed by atoms with E-state index in [0.29, 0.717) is 10.6 Å². The molecule has 1 aliphatic carbocycles. The smallest absolute Gasteiger partial charge is 0.263 e. The average molecular weight is 276 g/mol. The number of nitrogens with two attached hydrogens (primary N) is 1. The van der Waals surface area contributed by atoms with E-state index in [2.05, 4.69) is 15.5 Å². The molecular formula is C13H16N4OS. The minimum absolute atomic E-state index is 0.0453. The Labute approximate surface area is 115 Å². The number of aryl methyl sites for hydroxylation is 2. The maximum atomic E-state index is 12.3. The molecule has 1 aliphatic rings. The van der Waals surface area contributed by atoms with Crippen LogP contribution in [0.5, 0.6) is 0 Å². The molecule has 3 N–H and O–H groups in total. The number of rotatable bonds is 2. The average Bonchev–Trinajstić information content (AvgIpc) is 2.96. The summed E-state index contributed by atoms with van der Waals surface area (Å²) < 4.78 is 0. The fourth-order valence-electron chi connectivity index (χ4n) is 2.05. The third-order valence-corrected chi connectivity index (χ3v) is 4.85. The summed E-state index contributed by atoms with van der Waals surface area (Å²) in [7, 11) is 0. The number of nitrogen functional groups attached to an aromatic ring is 1. The molecule has 3 rings (SSSR count). The van der Waals surface area contributed by atoms with E-state index in [-0.39, 0.29) is 11.4 Å². The normalized spacial score (nSPS) is 16.6. The van der Waals surface area contributed by atoms with E-state index in [1.807, 2.05) is 20.8 Å². The predicted molar refractivity (Wildman–Crippen MR) is 76.4 cm³/mol. The van der Waals surface area contributed by atoms with Crippen molar-refractivity contribution >= 4 is 33.1 Å². The minimum atomic E-state index is -0.0995. The van der Waals surface area contributed by atoms with Gasteiger partial charge in [-0.15, -0.1) is 16.4 Å². The summed E-state index contributed by atoms with van der Waals surface area (Å²) in [5.74, 6) is -0.0995. The van der Waals surface area contributed by atoms with E-state index in [0.717, 1.165) is 34.3 Å². The van der Waals surface area contributed by atoms with Crippen molar-refractivity contribution in [1.82, 2.24) is 15.5 Å². The maximum absolute atomic E-state index is 12.3. The van der Waals surface area contributed by atoms with E-state index in [9.17, 15) is 4.79 Å². The summed E-state index contributed by atoms with van der Waals surface area (Å²) in [6, 6.07) is 0. The second kappa shape index (κ2) is 3.90. The lowest BCUT2D eigenvalue weighted by Gasteiger charge is -2.10. The molecule has 5 nitrogen and oxygen atoms in total. The van der Waals surface area contributed by atoms with Gasteiger partial charge in [-0.2, -0.15) is 5.10 Å². The highest BCUT2D eigenvalue weighted by Gasteiger charge is 2.39. The Hall–Kier alpha value is -1.69. The zero-order valence-electron chi connectivity index (χ0n) is 11.2. The Balaban J connectivity index is 2.07. The number of carbonyl (C=O) groups is 1. The molecule has 19 heavy (non-hydrogen) atoms. The van der Waals surface area contributed by atoms with Crippen LogP contribution in [0.4, 0.5) is 5.69 Å². The van der Waals surface area contributed by atoms with Crippen LogP contribution in [-0.4, -0.2) is 21.6 Å². The molecular weight excluding hydrogens is 260 g/mol. The van der Waals surface area contributed by atoms with Crippen molar-refractivity contribution in [1.29, 1.82) is 0 Å². The molecule has 2 heterocycles.